The maximum atomic E-state index is 13.2. The van der Waals surface area contributed by atoms with Crippen LogP contribution in [0.15, 0.2) is 64.5 Å². The van der Waals surface area contributed by atoms with E-state index < -0.39 is 0 Å². The third-order valence-corrected chi connectivity index (χ3v) is 6.24. The van der Waals surface area contributed by atoms with Gasteiger partial charge in [0, 0.05) is 21.5 Å². The van der Waals surface area contributed by atoms with E-state index in [-0.39, 0.29) is 11.9 Å². The van der Waals surface area contributed by atoms with Crippen molar-refractivity contribution in [3.05, 3.63) is 91.6 Å². The quantitative estimate of drug-likeness (QED) is 0.536. The van der Waals surface area contributed by atoms with Crippen LogP contribution in [0, 0.1) is 6.92 Å². The highest BCUT2D eigenvalue weighted by Crippen LogP contribution is 2.38. The van der Waals surface area contributed by atoms with E-state index in [1.54, 1.807) is 11.3 Å². The average Bonchev–Trinajstić information content (AvgIpc) is 3.10. The van der Waals surface area contributed by atoms with Gasteiger partial charge in [-0.05, 0) is 60.2 Å². The van der Waals surface area contributed by atoms with Crippen LogP contribution in [0.2, 0.25) is 0 Å². The summed E-state index contributed by atoms with van der Waals surface area (Å²) >= 11 is 5.23. The van der Waals surface area contributed by atoms with Crippen LogP contribution in [0.25, 0.3) is 0 Å². The lowest BCUT2D eigenvalue weighted by molar-refractivity contribution is 0.0696. The van der Waals surface area contributed by atoms with E-state index in [9.17, 15) is 4.79 Å². The molecule has 4 rings (SSSR count). The molecule has 126 valence electrons. The number of amides is 1. The standard InChI is InChI=1S/C21H18BrNOS/c1-14-2-4-15(5-3-14)20-18-11-13-25-19(18)10-12-23(20)21(24)16-6-8-17(22)9-7-16/h2-9,11,13,20H,10,12H2,1H3. The predicted molar refractivity (Wildman–Crippen MR) is 106 cm³/mol. The Bertz CT molecular complexity index is 898. The van der Waals surface area contributed by atoms with Crippen molar-refractivity contribution in [2.24, 2.45) is 0 Å². The van der Waals surface area contributed by atoms with E-state index in [4.69, 9.17) is 0 Å². The number of hydrogen-bond acceptors (Lipinski definition) is 2. The van der Waals surface area contributed by atoms with Gasteiger partial charge < -0.3 is 4.90 Å². The first-order valence-electron chi connectivity index (χ1n) is 8.33. The minimum absolute atomic E-state index is 0.00764. The molecule has 0 bridgehead atoms. The van der Waals surface area contributed by atoms with E-state index >= 15 is 0 Å². The fourth-order valence-electron chi connectivity index (χ4n) is 3.40. The molecule has 0 N–H and O–H groups in total. The lowest BCUT2D eigenvalue weighted by Crippen LogP contribution is -2.40. The normalized spacial score (nSPS) is 16.6. The number of benzene rings is 2. The van der Waals surface area contributed by atoms with Gasteiger partial charge in [0.2, 0.25) is 0 Å². The Labute approximate surface area is 160 Å². The van der Waals surface area contributed by atoms with Gasteiger partial charge in [-0.2, -0.15) is 0 Å². The zero-order valence-corrected chi connectivity index (χ0v) is 16.3. The Morgan fingerprint density at radius 1 is 1.08 bits per heavy atom. The average molecular weight is 412 g/mol. The smallest absolute Gasteiger partial charge is 0.254 e. The Kier molecular flexibility index (Phi) is 4.48. The first-order chi connectivity index (χ1) is 12.1. The summed E-state index contributed by atoms with van der Waals surface area (Å²) in [6.07, 6.45) is 0.928. The number of aryl methyl sites for hydroxylation is 1. The molecule has 0 radical (unpaired) electrons. The van der Waals surface area contributed by atoms with Gasteiger partial charge in [0.1, 0.15) is 0 Å². The Balaban J connectivity index is 1.76. The highest BCUT2D eigenvalue weighted by atomic mass is 79.9. The minimum Gasteiger partial charge on any atom is -0.327 e. The molecule has 25 heavy (non-hydrogen) atoms. The molecule has 2 nitrogen and oxygen atoms in total. The summed E-state index contributed by atoms with van der Waals surface area (Å²) in [4.78, 5) is 16.6. The molecular formula is C21H18BrNOS. The summed E-state index contributed by atoms with van der Waals surface area (Å²) in [5, 5.41) is 2.14. The predicted octanol–water partition coefficient (Wildman–Crippen LogP) is 5.61. The van der Waals surface area contributed by atoms with Crippen LogP contribution >= 0.6 is 27.3 Å². The van der Waals surface area contributed by atoms with Gasteiger partial charge >= 0.3 is 0 Å². The van der Waals surface area contributed by atoms with Crippen LogP contribution in [0.3, 0.4) is 0 Å². The van der Waals surface area contributed by atoms with Gasteiger partial charge in [-0.1, -0.05) is 45.8 Å². The lowest BCUT2D eigenvalue weighted by atomic mass is 9.92. The summed E-state index contributed by atoms with van der Waals surface area (Å²) in [7, 11) is 0. The number of hydrogen-bond donors (Lipinski definition) is 0. The van der Waals surface area contributed by atoms with Crippen molar-refractivity contribution in [2.45, 2.75) is 19.4 Å². The second-order valence-corrected chi connectivity index (χ2v) is 8.28. The molecule has 1 aromatic heterocycles. The van der Waals surface area contributed by atoms with E-state index in [1.165, 1.54) is 21.6 Å². The Morgan fingerprint density at radius 2 is 1.80 bits per heavy atom. The van der Waals surface area contributed by atoms with E-state index in [0.717, 1.165) is 23.0 Å². The van der Waals surface area contributed by atoms with Gasteiger partial charge in [0.05, 0.1) is 6.04 Å². The first-order valence-corrected chi connectivity index (χ1v) is 10.00. The monoisotopic (exact) mass is 411 g/mol. The minimum atomic E-state index is -0.00764. The van der Waals surface area contributed by atoms with E-state index in [2.05, 4.69) is 58.6 Å². The SMILES string of the molecule is Cc1ccc(C2c3ccsc3CCN2C(=O)c2ccc(Br)cc2)cc1. The number of fused-ring (bicyclic) bond motifs is 1. The molecule has 4 heteroatoms. The fourth-order valence-corrected chi connectivity index (χ4v) is 4.57. The molecule has 1 unspecified atom stereocenters. The molecule has 0 saturated carbocycles. The van der Waals surface area contributed by atoms with Gasteiger partial charge in [-0.15, -0.1) is 11.3 Å². The highest BCUT2D eigenvalue weighted by Gasteiger charge is 2.33. The second-order valence-electron chi connectivity index (χ2n) is 6.37. The number of rotatable bonds is 2. The van der Waals surface area contributed by atoms with Crippen LogP contribution in [0.1, 0.15) is 38.0 Å². The summed E-state index contributed by atoms with van der Waals surface area (Å²) in [5.74, 6) is 0.0925. The van der Waals surface area contributed by atoms with Crippen molar-refractivity contribution in [1.82, 2.24) is 4.90 Å². The zero-order valence-electron chi connectivity index (χ0n) is 13.9. The topological polar surface area (TPSA) is 20.3 Å². The van der Waals surface area contributed by atoms with Gasteiger partial charge in [-0.25, -0.2) is 0 Å². The summed E-state index contributed by atoms with van der Waals surface area (Å²) in [6.45, 7) is 2.84. The lowest BCUT2D eigenvalue weighted by Gasteiger charge is -2.36. The summed E-state index contributed by atoms with van der Waals surface area (Å²) < 4.78 is 0.984. The van der Waals surface area contributed by atoms with Crippen molar-refractivity contribution < 1.29 is 4.79 Å². The number of halogens is 1. The summed E-state index contributed by atoms with van der Waals surface area (Å²) in [5.41, 5.74) is 4.41. The van der Waals surface area contributed by atoms with Gasteiger partial charge in [0.15, 0.2) is 0 Å². The Morgan fingerprint density at radius 3 is 2.52 bits per heavy atom. The molecule has 0 saturated heterocycles. The van der Waals surface area contributed by atoms with E-state index in [0.29, 0.717) is 0 Å². The third-order valence-electron chi connectivity index (χ3n) is 4.71. The number of thiophene rings is 1. The van der Waals surface area contributed by atoms with E-state index in [1.807, 2.05) is 29.2 Å². The zero-order chi connectivity index (χ0) is 17.4. The van der Waals surface area contributed by atoms with Crippen molar-refractivity contribution in [1.29, 1.82) is 0 Å². The molecule has 1 atom stereocenters. The maximum absolute atomic E-state index is 13.2. The molecule has 2 heterocycles. The van der Waals surface area contributed by atoms with Crippen molar-refractivity contribution in [3.8, 4) is 0 Å². The second kappa shape index (κ2) is 6.77. The number of carbonyl (C=O) groups is 1. The summed E-state index contributed by atoms with van der Waals surface area (Å²) in [6, 6.07) is 18.3. The van der Waals surface area contributed by atoms with Gasteiger partial charge in [-0.3, -0.25) is 4.79 Å². The van der Waals surface area contributed by atoms with Gasteiger partial charge in [0.25, 0.3) is 5.91 Å². The molecular weight excluding hydrogens is 394 g/mol. The van der Waals surface area contributed by atoms with Crippen LogP contribution in [0.5, 0.6) is 0 Å². The molecule has 1 aliphatic rings. The van der Waals surface area contributed by atoms with Crippen LogP contribution in [-0.4, -0.2) is 17.4 Å². The Hall–Kier alpha value is -1.91. The number of nitrogens with zero attached hydrogens (tertiary/aromatic N) is 1. The highest BCUT2D eigenvalue weighted by molar-refractivity contribution is 9.10. The molecule has 2 aromatic carbocycles. The molecule has 0 fully saturated rings. The van der Waals surface area contributed by atoms with Crippen LogP contribution < -0.4 is 0 Å². The molecule has 3 aromatic rings. The maximum Gasteiger partial charge on any atom is 0.254 e. The van der Waals surface area contributed by atoms with Crippen molar-refractivity contribution >= 4 is 33.2 Å². The molecule has 1 aliphatic heterocycles. The molecule has 1 amide bonds. The first kappa shape index (κ1) is 16.6. The third kappa shape index (κ3) is 3.16. The number of carbonyl (C=O) groups excluding carboxylic acids is 1. The molecule has 0 spiro atoms. The largest absolute Gasteiger partial charge is 0.327 e. The van der Waals surface area contributed by atoms with Crippen molar-refractivity contribution in [2.75, 3.05) is 6.54 Å². The fraction of sp³-hybridized carbons (Fsp3) is 0.190. The van der Waals surface area contributed by atoms with Crippen LogP contribution in [-0.2, 0) is 6.42 Å². The van der Waals surface area contributed by atoms with Crippen molar-refractivity contribution in [3.63, 3.8) is 0 Å². The van der Waals surface area contributed by atoms with Crippen LogP contribution in [0.4, 0.5) is 0 Å². The molecule has 0 aliphatic carbocycles.